The van der Waals surface area contributed by atoms with Crippen molar-refractivity contribution < 1.29 is 9.53 Å². The first-order valence-corrected chi connectivity index (χ1v) is 10.1. The summed E-state index contributed by atoms with van der Waals surface area (Å²) in [6.45, 7) is 6.33. The van der Waals surface area contributed by atoms with E-state index in [0.29, 0.717) is 5.75 Å². The Labute approximate surface area is 166 Å². The van der Waals surface area contributed by atoms with Gasteiger partial charge in [0, 0.05) is 11.5 Å². The highest BCUT2D eigenvalue weighted by molar-refractivity contribution is 7.99. The number of amides is 1. The van der Waals surface area contributed by atoms with Crippen LogP contribution < -0.4 is 10.2 Å². The summed E-state index contributed by atoms with van der Waals surface area (Å²) in [5.74, 6) is 1.92. The zero-order valence-electron chi connectivity index (χ0n) is 16.5. The average molecular weight is 385 g/mol. The first-order chi connectivity index (χ1) is 12.9. The normalized spacial score (nSPS) is 11.9. The van der Waals surface area contributed by atoms with Crippen LogP contribution in [0.1, 0.15) is 38.3 Å². The third-order valence-electron chi connectivity index (χ3n) is 4.29. The van der Waals surface area contributed by atoms with Gasteiger partial charge < -0.3 is 4.74 Å². The number of carbonyl (C=O) groups is 1. The molecule has 1 amide bonds. The Kier molecular flexibility index (Phi) is 7.92. The van der Waals surface area contributed by atoms with Gasteiger partial charge in [0.2, 0.25) is 5.91 Å². The number of methoxy groups -OCH3 is 1. The molecule has 27 heavy (non-hydrogen) atoms. The van der Waals surface area contributed by atoms with Crippen molar-refractivity contribution in [1.29, 1.82) is 0 Å². The number of nitrogens with zero attached hydrogens (tertiary/aromatic N) is 1. The van der Waals surface area contributed by atoms with E-state index in [-0.39, 0.29) is 11.3 Å². The summed E-state index contributed by atoms with van der Waals surface area (Å²) in [5.41, 5.74) is 5.99. The van der Waals surface area contributed by atoms with Crippen molar-refractivity contribution in [2.24, 2.45) is 5.10 Å². The number of hydrogen-bond donors (Lipinski definition) is 1. The molecule has 2 rings (SSSR count). The van der Waals surface area contributed by atoms with Crippen LogP contribution in [0.5, 0.6) is 5.75 Å². The standard InChI is InChI=1S/C22H28N2O2S/c1-17(14-22(2,3)19-8-6-5-7-9-19)23-24-21(25)16-27-15-18-10-12-20(26-4)13-11-18/h5-13H,14-16H2,1-4H3,(H,24,25)/b23-17-. The van der Waals surface area contributed by atoms with Gasteiger partial charge in [0.1, 0.15) is 5.75 Å². The van der Waals surface area contributed by atoms with E-state index in [1.165, 1.54) is 5.56 Å². The molecule has 0 heterocycles. The summed E-state index contributed by atoms with van der Waals surface area (Å²) in [6.07, 6.45) is 0.788. The average Bonchev–Trinajstić information content (AvgIpc) is 2.67. The van der Waals surface area contributed by atoms with Crippen LogP contribution in [0.2, 0.25) is 0 Å². The van der Waals surface area contributed by atoms with Crippen LogP contribution >= 0.6 is 11.8 Å². The van der Waals surface area contributed by atoms with E-state index in [1.54, 1.807) is 18.9 Å². The fourth-order valence-corrected chi connectivity index (χ4v) is 3.62. The second-order valence-corrected chi connectivity index (χ2v) is 8.14. The third-order valence-corrected chi connectivity index (χ3v) is 5.29. The van der Waals surface area contributed by atoms with Gasteiger partial charge in [-0.25, -0.2) is 5.43 Å². The summed E-state index contributed by atoms with van der Waals surface area (Å²) in [5, 5.41) is 4.27. The zero-order chi connectivity index (χ0) is 19.7. The topological polar surface area (TPSA) is 50.7 Å². The third kappa shape index (κ3) is 7.10. The molecule has 1 N–H and O–H groups in total. The number of thioether (sulfide) groups is 1. The van der Waals surface area contributed by atoms with Crippen LogP contribution in [0.15, 0.2) is 59.7 Å². The first-order valence-electron chi connectivity index (χ1n) is 8.99. The maximum absolute atomic E-state index is 12.0. The van der Waals surface area contributed by atoms with Gasteiger partial charge in [0.15, 0.2) is 0 Å². The van der Waals surface area contributed by atoms with Crippen molar-refractivity contribution in [3.8, 4) is 5.75 Å². The molecule has 0 radical (unpaired) electrons. The monoisotopic (exact) mass is 384 g/mol. The molecule has 0 aliphatic rings. The molecular weight excluding hydrogens is 356 g/mol. The summed E-state index contributed by atoms with van der Waals surface area (Å²) >= 11 is 1.57. The lowest BCUT2D eigenvalue weighted by Crippen LogP contribution is -2.25. The molecule has 0 atom stereocenters. The fourth-order valence-electron chi connectivity index (χ4n) is 2.84. The molecule has 0 aliphatic heterocycles. The van der Waals surface area contributed by atoms with E-state index in [4.69, 9.17) is 4.74 Å². The van der Waals surface area contributed by atoms with E-state index in [0.717, 1.165) is 29.2 Å². The minimum Gasteiger partial charge on any atom is -0.497 e. The molecule has 0 saturated carbocycles. The second kappa shape index (κ2) is 10.2. The fraction of sp³-hybridized carbons (Fsp3) is 0.364. The van der Waals surface area contributed by atoms with Gasteiger partial charge in [-0.3, -0.25) is 4.79 Å². The van der Waals surface area contributed by atoms with Crippen LogP contribution in [-0.4, -0.2) is 24.5 Å². The maximum atomic E-state index is 12.0. The predicted octanol–water partition coefficient (Wildman–Crippen LogP) is 4.79. The lowest BCUT2D eigenvalue weighted by molar-refractivity contribution is -0.118. The Balaban J connectivity index is 1.76. The molecular formula is C22H28N2O2S. The highest BCUT2D eigenvalue weighted by Gasteiger charge is 2.21. The molecule has 144 valence electrons. The van der Waals surface area contributed by atoms with Crippen molar-refractivity contribution >= 4 is 23.4 Å². The molecule has 0 fully saturated rings. The Morgan fingerprint density at radius 2 is 1.78 bits per heavy atom. The predicted molar refractivity (Wildman–Crippen MR) is 114 cm³/mol. The molecule has 0 saturated heterocycles. The lowest BCUT2D eigenvalue weighted by Gasteiger charge is -2.25. The van der Waals surface area contributed by atoms with Gasteiger partial charge in [-0.05, 0) is 42.0 Å². The molecule has 5 heteroatoms. The van der Waals surface area contributed by atoms with Crippen LogP contribution in [0, 0.1) is 0 Å². The molecule has 0 aliphatic carbocycles. The zero-order valence-corrected chi connectivity index (χ0v) is 17.3. The number of hydrogen-bond acceptors (Lipinski definition) is 4. The van der Waals surface area contributed by atoms with Crippen molar-refractivity contribution in [2.75, 3.05) is 12.9 Å². The Hall–Kier alpha value is -2.27. The smallest absolute Gasteiger partial charge is 0.250 e. The van der Waals surface area contributed by atoms with E-state index in [2.05, 4.69) is 36.5 Å². The van der Waals surface area contributed by atoms with E-state index in [1.807, 2.05) is 49.4 Å². The summed E-state index contributed by atoms with van der Waals surface area (Å²) in [7, 11) is 1.65. The van der Waals surface area contributed by atoms with Crippen molar-refractivity contribution in [3.05, 3.63) is 65.7 Å². The Bertz CT molecular complexity index is 756. The summed E-state index contributed by atoms with van der Waals surface area (Å²) < 4.78 is 5.14. The Morgan fingerprint density at radius 3 is 2.41 bits per heavy atom. The number of nitrogens with one attached hydrogen (secondary N) is 1. The van der Waals surface area contributed by atoms with Crippen LogP contribution in [0.25, 0.3) is 0 Å². The quantitative estimate of drug-likeness (QED) is 0.500. The van der Waals surface area contributed by atoms with Crippen LogP contribution in [0.3, 0.4) is 0 Å². The van der Waals surface area contributed by atoms with Gasteiger partial charge in [0.25, 0.3) is 0 Å². The molecule has 2 aromatic rings. The highest BCUT2D eigenvalue weighted by atomic mass is 32.2. The van der Waals surface area contributed by atoms with Gasteiger partial charge in [-0.1, -0.05) is 56.3 Å². The summed E-state index contributed by atoms with van der Waals surface area (Å²) in [4.78, 5) is 12.0. The molecule has 2 aromatic carbocycles. The number of hydrazone groups is 1. The van der Waals surface area contributed by atoms with E-state index in [9.17, 15) is 4.79 Å². The number of rotatable bonds is 9. The van der Waals surface area contributed by atoms with Crippen molar-refractivity contribution in [2.45, 2.75) is 38.4 Å². The number of benzene rings is 2. The van der Waals surface area contributed by atoms with Crippen LogP contribution in [-0.2, 0) is 16.0 Å². The molecule has 0 spiro atoms. The second-order valence-electron chi connectivity index (χ2n) is 7.15. The van der Waals surface area contributed by atoms with E-state index < -0.39 is 0 Å². The SMILES string of the molecule is COc1ccc(CSCC(=O)N/N=C(/C)CC(C)(C)c2ccccc2)cc1. The van der Waals surface area contributed by atoms with E-state index >= 15 is 0 Å². The van der Waals surface area contributed by atoms with Crippen molar-refractivity contribution in [1.82, 2.24) is 5.43 Å². The van der Waals surface area contributed by atoms with Gasteiger partial charge in [-0.15, -0.1) is 11.8 Å². The first kappa shape index (κ1) is 21.0. The Morgan fingerprint density at radius 1 is 1.11 bits per heavy atom. The maximum Gasteiger partial charge on any atom is 0.250 e. The molecule has 0 bridgehead atoms. The van der Waals surface area contributed by atoms with Gasteiger partial charge >= 0.3 is 0 Å². The highest BCUT2D eigenvalue weighted by Crippen LogP contribution is 2.27. The van der Waals surface area contributed by atoms with Gasteiger partial charge in [0.05, 0.1) is 12.9 Å². The number of carbonyl (C=O) groups excluding carboxylic acids is 1. The lowest BCUT2D eigenvalue weighted by atomic mass is 9.80. The largest absolute Gasteiger partial charge is 0.497 e. The number of ether oxygens (including phenoxy) is 1. The molecule has 0 unspecified atom stereocenters. The van der Waals surface area contributed by atoms with Crippen LogP contribution in [0.4, 0.5) is 0 Å². The molecule has 0 aromatic heterocycles. The van der Waals surface area contributed by atoms with Crippen molar-refractivity contribution in [3.63, 3.8) is 0 Å². The minimum atomic E-state index is -0.0784. The summed E-state index contributed by atoms with van der Waals surface area (Å²) in [6, 6.07) is 18.2. The van der Waals surface area contributed by atoms with Gasteiger partial charge in [-0.2, -0.15) is 5.10 Å². The minimum absolute atomic E-state index is 0.0251. The molecule has 4 nitrogen and oxygen atoms in total.